The highest BCUT2D eigenvalue weighted by atomic mass is 16.6. The first-order chi connectivity index (χ1) is 5.92. The van der Waals surface area contributed by atoms with Gasteiger partial charge in [0, 0.05) is 6.04 Å². The summed E-state index contributed by atoms with van der Waals surface area (Å²) in [6.07, 6.45) is 2.52. The molecule has 2 atom stereocenters. The topological polar surface area (TPSA) is 38.3 Å². The lowest BCUT2D eigenvalue weighted by Crippen LogP contribution is -2.34. The third-order valence-corrected chi connectivity index (χ3v) is 1.84. The lowest BCUT2D eigenvalue weighted by Gasteiger charge is -2.19. The summed E-state index contributed by atoms with van der Waals surface area (Å²) in [7, 11) is 0. The number of hydrogen-bond acceptors (Lipinski definition) is 2. The summed E-state index contributed by atoms with van der Waals surface area (Å²) in [5.41, 5.74) is -0.414. The number of amides is 1. The van der Waals surface area contributed by atoms with Crippen molar-refractivity contribution >= 4 is 6.09 Å². The van der Waals surface area contributed by atoms with Gasteiger partial charge in [0.1, 0.15) is 5.60 Å². The standard InChI is InChI=1S/C10H17NO2/c1-5-7-6-8(7)11-9(12)13-10(2,3)4/h5,7-8H,1,6H2,2-4H3,(H,11,12). The Morgan fingerprint density at radius 1 is 1.62 bits per heavy atom. The summed E-state index contributed by atoms with van der Waals surface area (Å²) >= 11 is 0. The van der Waals surface area contributed by atoms with Gasteiger partial charge < -0.3 is 10.1 Å². The number of carbonyl (C=O) groups excluding carboxylic acids is 1. The first-order valence-electron chi connectivity index (χ1n) is 4.54. The smallest absolute Gasteiger partial charge is 0.407 e. The Hall–Kier alpha value is -0.990. The number of hydrogen-bond donors (Lipinski definition) is 1. The van der Waals surface area contributed by atoms with Gasteiger partial charge in [0.2, 0.25) is 0 Å². The highest BCUT2D eigenvalue weighted by molar-refractivity contribution is 5.68. The first-order valence-corrected chi connectivity index (χ1v) is 4.54. The van der Waals surface area contributed by atoms with Crippen LogP contribution in [0.2, 0.25) is 0 Å². The van der Waals surface area contributed by atoms with Gasteiger partial charge in [-0.25, -0.2) is 4.79 Å². The molecule has 1 aliphatic carbocycles. The maximum absolute atomic E-state index is 11.2. The monoisotopic (exact) mass is 183 g/mol. The molecule has 74 valence electrons. The molecule has 0 saturated heterocycles. The average Bonchev–Trinajstić information content (AvgIpc) is 2.62. The molecule has 1 N–H and O–H groups in total. The third kappa shape index (κ3) is 3.49. The molecular weight excluding hydrogens is 166 g/mol. The number of alkyl carbamates (subject to hydrolysis) is 1. The predicted molar refractivity (Wildman–Crippen MR) is 51.5 cm³/mol. The van der Waals surface area contributed by atoms with Crippen LogP contribution in [0.25, 0.3) is 0 Å². The van der Waals surface area contributed by atoms with Crippen LogP contribution in [0.3, 0.4) is 0 Å². The molecule has 3 nitrogen and oxygen atoms in total. The molecule has 0 bridgehead atoms. The van der Waals surface area contributed by atoms with Crippen LogP contribution < -0.4 is 5.32 Å². The molecule has 0 aromatic carbocycles. The zero-order valence-electron chi connectivity index (χ0n) is 8.46. The molecule has 1 saturated carbocycles. The predicted octanol–water partition coefficient (Wildman–Crippen LogP) is 2.09. The number of nitrogens with one attached hydrogen (secondary N) is 1. The SMILES string of the molecule is C=CC1CC1NC(=O)OC(C)(C)C. The second-order valence-electron chi connectivity index (χ2n) is 4.39. The summed E-state index contributed by atoms with van der Waals surface area (Å²) in [4.78, 5) is 11.2. The van der Waals surface area contributed by atoms with Crippen molar-refractivity contribution in [1.82, 2.24) is 5.32 Å². The van der Waals surface area contributed by atoms with E-state index < -0.39 is 5.60 Å². The van der Waals surface area contributed by atoms with Gasteiger partial charge >= 0.3 is 6.09 Å². The lowest BCUT2D eigenvalue weighted by molar-refractivity contribution is 0.0522. The van der Waals surface area contributed by atoms with Crippen LogP contribution >= 0.6 is 0 Å². The maximum Gasteiger partial charge on any atom is 0.407 e. The minimum Gasteiger partial charge on any atom is -0.444 e. The van der Waals surface area contributed by atoms with Crippen LogP contribution in [0.1, 0.15) is 27.2 Å². The second kappa shape index (κ2) is 3.40. The van der Waals surface area contributed by atoms with E-state index in [-0.39, 0.29) is 12.1 Å². The second-order valence-corrected chi connectivity index (χ2v) is 4.39. The molecule has 1 aliphatic rings. The zero-order chi connectivity index (χ0) is 10.1. The Labute approximate surface area is 79.2 Å². The van der Waals surface area contributed by atoms with E-state index in [1.807, 2.05) is 26.8 Å². The summed E-state index contributed by atoms with van der Waals surface area (Å²) in [5.74, 6) is 0.438. The lowest BCUT2D eigenvalue weighted by atomic mass is 10.2. The quantitative estimate of drug-likeness (QED) is 0.666. The summed E-state index contributed by atoms with van der Waals surface area (Å²) in [6.45, 7) is 9.22. The van der Waals surface area contributed by atoms with Gasteiger partial charge in [0.05, 0.1) is 0 Å². The molecule has 13 heavy (non-hydrogen) atoms. The fourth-order valence-corrected chi connectivity index (χ4v) is 1.10. The highest BCUT2D eigenvalue weighted by Crippen LogP contribution is 2.31. The largest absolute Gasteiger partial charge is 0.444 e. The van der Waals surface area contributed by atoms with Gasteiger partial charge in [-0.1, -0.05) is 6.08 Å². The van der Waals surface area contributed by atoms with E-state index in [1.165, 1.54) is 0 Å². The van der Waals surface area contributed by atoms with Gasteiger partial charge in [0.25, 0.3) is 0 Å². The van der Waals surface area contributed by atoms with Crippen molar-refractivity contribution in [2.24, 2.45) is 5.92 Å². The normalized spacial score (nSPS) is 26.4. The fourth-order valence-electron chi connectivity index (χ4n) is 1.10. The third-order valence-electron chi connectivity index (χ3n) is 1.84. The van der Waals surface area contributed by atoms with Gasteiger partial charge in [-0.2, -0.15) is 0 Å². The molecule has 1 amide bonds. The Balaban J connectivity index is 2.23. The Morgan fingerprint density at radius 3 is 2.62 bits per heavy atom. The summed E-state index contributed by atoms with van der Waals surface area (Å²) in [6, 6.07) is 0.243. The van der Waals surface area contributed by atoms with Crippen molar-refractivity contribution in [3.8, 4) is 0 Å². The summed E-state index contributed by atoms with van der Waals surface area (Å²) in [5, 5.41) is 2.78. The molecule has 1 rings (SSSR count). The minimum atomic E-state index is -0.414. The van der Waals surface area contributed by atoms with E-state index in [0.717, 1.165) is 6.42 Å². The van der Waals surface area contributed by atoms with Gasteiger partial charge in [-0.15, -0.1) is 6.58 Å². The van der Waals surface area contributed by atoms with E-state index in [9.17, 15) is 4.79 Å². The van der Waals surface area contributed by atoms with Crippen molar-refractivity contribution in [2.75, 3.05) is 0 Å². The van der Waals surface area contributed by atoms with E-state index in [1.54, 1.807) is 0 Å². The molecule has 0 heterocycles. The highest BCUT2D eigenvalue weighted by Gasteiger charge is 2.36. The Kier molecular flexibility index (Phi) is 2.64. The van der Waals surface area contributed by atoms with Crippen molar-refractivity contribution in [2.45, 2.75) is 38.8 Å². The summed E-state index contributed by atoms with van der Waals surface area (Å²) < 4.78 is 5.10. The molecule has 0 aliphatic heterocycles. The molecule has 0 spiro atoms. The van der Waals surface area contributed by atoms with Gasteiger partial charge in [-0.3, -0.25) is 0 Å². The van der Waals surface area contributed by atoms with E-state index in [4.69, 9.17) is 4.74 Å². The van der Waals surface area contributed by atoms with Crippen LogP contribution in [0.4, 0.5) is 4.79 Å². The Morgan fingerprint density at radius 2 is 2.23 bits per heavy atom. The molecule has 3 heteroatoms. The van der Waals surface area contributed by atoms with Crippen LogP contribution in [0, 0.1) is 5.92 Å². The first kappa shape index (κ1) is 10.1. The minimum absolute atomic E-state index is 0.243. The Bertz CT molecular complexity index is 217. The van der Waals surface area contributed by atoms with E-state index in [2.05, 4.69) is 11.9 Å². The van der Waals surface area contributed by atoms with E-state index in [0.29, 0.717) is 5.92 Å². The van der Waals surface area contributed by atoms with Crippen molar-refractivity contribution in [3.05, 3.63) is 12.7 Å². The zero-order valence-corrected chi connectivity index (χ0v) is 8.46. The van der Waals surface area contributed by atoms with Gasteiger partial charge in [0.15, 0.2) is 0 Å². The number of rotatable bonds is 2. The fraction of sp³-hybridized carbons (Fsp3) is 0.700. The average molecular weight is 183 g/mol. The molecule has 0 aromatic heterocycles. The van der Waals surface area contributed by atoms with Crippen LogP contribution in [-0.4, -0.2) is 17.7 Å². The molecule has 0 aromatic rings. The van der Waals surface area contributed by atoms with Crippen molar-refractivity contribution < 1.29 is 9.53 Å². The molecular formula is C10H17NO2. The van der Waals surface area contributed by atoms with Crippen LogP contribution in [0.5, 0.6) is 0 Å². The van der Waals surface area contributed by atoms with Gasteiger partial charge in [-0.05, 0) is 33.1 Å². The molecule has 1 fully saturated rings. The molecule has 2 unspecified atom stereocenters. The van der Waals surface area contributed by atoms with Crippen LogP contribution in [0.15, 0.2) is 12.7 Å². The number of carbonyl (C=O) groups is 1. The van der Waals surface area contributed by atoms with Crippen molar-refractivity contribution in [1.29, 1.82) is 0 Å². The van der Waals surface area contributed by atoms with E-state index >= 15 is 0 Å². The molecule has 0 radical (unpaired) electrons. The van der Waals surface area contributed by atoms with Crippen LogP contribution in [-0.2, 0) is 4.74 Å². The van der Waals surface area contributed by atoms with Crippen molar-refractivity contribution in [3.63, 3.8) is 0 Å². The number of ether oxygens (including phenoxy) is 1. The maximum atomic E-state index is 11.2.